The highest BCUT2D eigenvalue weighted by Gasteiger charge is 2.29. The summed E-state index contributed by atoms with van der Waals surface area (Å²) in [7, 11) is 0. The molecule has 1 unspecified atom stereocenters. The second-order valence-corrected chi connectivity index (χ2v) is 8.42. The fourth-order valence-electron chi connectivity index (χ4n) is 3.63. The molecule has 1 N–H and O–H groups in total. The van der Waals surface area contributed by atoms with Gasteiger partial charge < -0.3 is 14.6 Å². The summed E-state index contributed by atoms with van der Waals surface area (Å²) in [5.74, 6) is -0.644. The van der Waals surface area contributed by atoms with Crippen LogP contribution >= 0.6 is 23.4 Å². The van der Waals surface area contributed by atoms with Gasteiger partial charge in [-0.1, -0.05) is 41.9 Å². The van der Waals surface area contributed by atoms with Crippen LogP contribution in [0.5, 0.6) is 17.2 Å². The summed E-state index contributed by atoms with van der Waals surface area (Å²) in [6, 6.07) is 19.5. The number of benzene rings is 3. The van der Waals surface area contributed by atoms with E-state index in [1.54, 1.807) is 36.4 Å². The third-order valence-corrected chi connectivity index (χ3v) is 6.01. The van der Waals surface area contributed by atoms with Gasteiger partial charge in [-0.3, -0.25) is 14.0 Å². The third-order valence-electron chi connectivity index (χ3n) is 5.39. The van der Waals surface area contributed by atoms with Gasteiger partial charge in [0.05, 0.1) is 17.5 Å². The summed E-state index contributed by atoms with van der Waals surface area (Å²) in [4.78, 5) is 24.1. The molecule has 1 heterocycles. The number of carbonyl (C=O) groups is 2. The summed E-state index contributed by atoms with van der Waals surface area (Å²) in [5.41, 5.74) is 2.06. The third kappa shape index (κ3) is 5.41. The monoisotopic (exact) mass is 485 g/mol. The Morgan fingerprint density at radius 2 is 1.82 bits per heavy atom. The first-order valence-electron chi connectivity index (χ1n) is 10.4. The minimum Gasteiger partial charge on any atom is -0.493 e. The quantitative estimate of drug-likeness (QED) is 0.420. The second kappa shape index (κ2) is 10.1. The lowest BCUT2D eigenvalue weighted by atomic mass is 9.93. The number of nitrogens with zero attached hydrogens (tertiary/aromatic N) is 1. The summed E-state index contributed by atoms with van der Waals surface area (Å²) < 4.78 is 12.6. The van der Waals surface area contributed by atoms with Crippen molar-refractivity contribution in [2.24, 2.45) is 0 Å². The number of halogens is 2. The normalized spacial score (nSPS) is 14.7. The molecule has 1 aliphatic heterocycles. The van der Waals surface area contributed by atoms with Crippen LogP contribution in [0.15, 0.2) is 66.7 Å². The highest BCUT2D eigenvalue weighted by Crippen LogP contribution is 2.41. The van der Waals surface area contributed by atoms with Crippen LogP contribution in [-0.4, -0.2) is 34.6 Å². The van der Waals surface area contributed by atoms with Gasteiger partial charge in [-0.15, -0.1) is 0 Å². The van der Waals surface area contributed by atoms with Crippen molar-refractivity contribution in [2.45, 2.75) is 18.8 Å². The molecule has 3 aromatic rings. The van der Waals surface area contributed by atoms with Crippen molar-refractivity contribution < 1.29 is 24.2 Å². The molecule has 3 aromatic carbocycles. The predicted octanol–water partition coefficient (Wildman–Crippen LogP) is 5.92. The molecule has 8 heteroatoms. The van der Waals surface area contributed by atoms with E-state index in [4.69, 9.17) is 32.9 Å². The van der Waals surface area contributed by atoms with Crippen molar-refractivity contribution in [1.29, 1.82) is 0 Å². The average Bonchev–Trinajstić information content (AvgIpc) is 2.83. The first-order chi connectivity index (χ1) is 15.9. The number of carboxylic acid groups (broad SMARTS) is 1. The van der Waals surface area contributed by atoms with Crippen molar-refractivity contribution in [1.82, 2.24) is 4.42 Å². The molecular formula is C25H21Cl2NO5. The first-order valence-corrected chi connectivity index (χ1v) is 11.1. The van der Waals surface area contributed by atoms with E-state index in [-0.39, 0.29) is 10.9 Å². The Hall–Kier alpha value is -3.22. The number of carbonyl (C=O) groups excluding carboxylic acids is 1. The Morgan fingerprint density at radius 3 is 2.52 bits per heavy atom. The Morgan fingerprint density at radius 1 is 1.09 bits per heavy atom. The standard InChI is InChI=1S/C25H21Cl2NO5/c26-21-14-20-19(25(30)31)11-13-32-22(20)15-23(21)33-18-8-6-17(7-9-18)24(29)28(27)12-10-16-4-2-1-3-5-16/h1-9,14-15,19H,10-13H2,(H,30,31). The smallest absolute Gasteiger partial charge is 0.311 e. The van der Waals surface area contributed by atoms with E-state index in [0.29, 0.717) is 54.4 Å². The number of ether oxygens (including phenoxy) is 2. The van der Waals surface area contributed by atoms with E-state index < -0.39 is 11.9 Å². The Kier molecular flexibility index (Phi) is 7.06. The molecule has 0 fully saturated rings. The van der Waals surface area contributed by atoms with Gasteiger partial charge in [0.2, 0.25) is 0 Å². The molecule has 0 saturated carbocycles. The zero-order valence-corrected chi connectivity index (χ0v) is 19.1. The van der Waals surface area contributed by atoms with Gasteiger partial charge in [-0.25, -0.2) is 0 Å². The van der Waals surface area contributed by atoms with Crippen molar-refractivity contribution >= 4 is 35.3 Å². The number of hydrogen-bond acceptors (Lipinski definition) is 4. The van der Waals surface area contributed by atoms with Gasteiger partial charge in [0.25, 0.3) is 5.91 Å². The maximum atomic E-state index is 12.6. The average molecular weight is 486 g/mol. The molecule has 1 aliphatic rings. The lowest BCUT2D eigenvalue weighted by Gasteiger charge is -2.24. The number of rotatable bonds is 7. The molecule has 0 aliphatic carbocycles. The number of aliphatic carboxylic acids is 1. The second-order valence-electron chi connectivity index (χ2n) is 7.60. The zero-order valence-electron chi connectivity index (χ0n) is 17.5. The molecule has 0 saturated heterocycles. The van der Waals surface area contributed by atoms with Gasteiger partial charge in [-0.2, -0.15) is 0 Å². The highest BCUT2D eigenvalue weighted by atomic mass is 35.5. The van der Waals surface area contributed by atoms with E-state index >= 15 is 0 Å². The number of carboxylic acids is 1. The maximum absolute atomic E-state index is 12.6. The van der Waals surface area contributed by atoms with Crippen molar-refractivity contribution in [3.8, 4) is 17.2 Å². The summed E-state index contributed by atoms with van der Waals surface area (Å²) in [6.07, 6.45) is 1.04. The predicted molar refractivity (Wildman–Crippen MR) is 125 cm³/mol. The lowest BCUT2D eigenvalue weighted by Crippen LogP contribution is -2.23. The molecule has 1 amide bonds. The number of hydrogen-bond donors (Lipinski definition) is 1. The lowest BCUT2D eigenvalue weighted by molar-refractivity contribution is -0.139. The zero-order chi connectivity index (χ0) is 23.4. The Bertz CT molecular complexity index is 1150. The summed E-state index contributed by atoms with van der Waals surface area (Å²) in [6.45, 7) is 0.686. The van der Waals surface area contributed by atoms with Crippen molar-refractivity contribution in [3.05, 3.63) is 88.4 Å². The van der Waals surface area contributed by atoms with E-state index in [9.17, 15) is 14.7 Å². The van der Waals surface area contributed by atoms with Gasteiger partial charge in [0.1, 0.15) is 17.2 Å². The molecular weight excluding hydrogens is 465 g/mol. The van der Waals surface area contributed by atoms with Crippen LogP contribution < -0.4 is 9.47 Å². The van der Waals surface area contributed by atoms with E-state index in [0.717, 1.165) is 5.56 Å². The van der Waals surface area contributed by atoms with Crippen LogP contribution in [0.2, 0.25) is 5.02 Å². The fourth-order valence-corrected chi connectivity index (χ4v) is 4.02. The fraction of sp³-hybridized carbons (Fsp3) is 0.200. The van der Waals surface area contributed by atoms with Gasteiger partial charge in [0, 0.05) is 35.5 Å². The molecule has 0 bridgehead atoms. The van der Waals surface area contributed by atoms with Crippen LogP contribution in [-0.2, 0) is 11.2 Å². The number of amides is 1. The summed E-state index contributed by atoms with van der Waals surface area (Å²) in [5, 5.41) is 9.69. The molecule has 33 heavy (non-hydrogen) atoms. The highest BCUT2D eigenvalue weighted by molar-refractivity contribution is 6.32. The van der Waals surface area contributed by atoms with Crippen LogP contribution in [0.1, 0.15) is 33.8 Å². The van der Waals surface area contributed by atoms with E-state index in [1.165, 1.54) is 4.42 Å². The molecule has 4 rings (SSSR count). The van der Waals surface area contributed by atoms with Gasteiger partial charge in [-0.05, 0) is 48.7 Å². The van der Waals surface area contributed by atoms with Crippen LogP contribution in [0.3, 0.4) is 0 Å². The van der Waals surface area contributed by atoms with Crippen LogP contribution in [0.4, 0.5) is 0 Å². The molecule has 0 spiro atoms. The minimum absolute atomic E-state index is 0.276. The molecule has 0 aromatic heterocycles. The van der Waals surface area contributed by atoms with Gasteiger partial charge in [0.15, 0.2) is 0 Å². The van der Waals surface area contributed by atoms with Crippen LogP contribution in [0.25, 0.3) is 0 Å². The minimum atomic E-state index is -0.915. The molecule has 6 nitrogen and oxygen atoms in total. The SMILES string of the molecule is O=C(O)C1CCOc2cc(Oc3ccc(C(=O)N(Cl)CCc4ccccc4)cc3)c(Cl)cc21. The van der Waals surface area contributed by atoms with E-state index in [2.05, 4.69) is 0 Å². The topological polar surface area (TPSA) is 76.1 Å². The molecule has 170 valence electrons. The summed E-state index contributed by atoms with van der Waals surface area (Å²) >= 11 is 12.5. The van der Waals surface area contributed by atoms with E-state index in [1.807, 2.05) is 30.3 Å². The van der Waals surface area contributed by atoms with Gasteiger partial charge >= 0.3 is 5.97 Å². The van der Waals surface area contributed by atoms with Crippen molar-refractivity contribution in [3.63, 3.8) is 0 Å². The maximum Gasteiger partial charge on any atom is 0.311 e. The first kappa shape index (κ1) is 23.0. The molecule has 0 radical (unpaired) electrons. The largest absolute Gasteiger partial charge is 0.493 e. The molecule has 1 atom stereocenters. The van der Waals surface area contributed by atoms with Crippen LogP contribution in [0, 0.1) is 0 Å². The number of fused-ring (bicyclic) bond motifs is 1. The Balaban J connectivity index is 1.42. The van der Waals surface area contributed by atoms with Crippen molar-refractivity contribution in [2.75, 3.05) is 13.2 Å². The Labute approximate surface area is 201 Å².